The van der Waals surface area contributed by atoms with Gasteiger partial charge in [-0.2, -0.15) is 0 Å². The van der Waals surface area contributed by atoms with Crippen LogP contribution in [0.1, 0.15) is 5.56 Å². The summed E-state index contributed by atoms with van der Waals surface area (Å²) in [6, 6.07) is 16.7. The molecule has 2 N–H and O–H groups in total. The molecule has 2 aromatic carbocycles. The zero-order valence-corrected chi connectivity index (χ0v) is 13.0. The van der Waals surface area contributed by atoms with E-state index in [0.717, 1.165) is 17.0 Å². The normalized spacial score (nSPS) is 22.4. The van der Waals surface area contributed by atoms with Gasteiger partial charge in [-0.15, -0.1) is 0 Å². The average molecular weight is 312 g/mol. The Bertz CT molecular complexity index is 658. The molecule has 0 spiro atoms. The number of carbonyl (C=O) groups is 1. The minimum Gasteiger partial charge on any atom is -0.497 e. The number of hydrogen-bond acceptors (Lipinski definition) is 4. The van der Waals surface area contributed by atoms with Gasteiger partial charge in [0.1, 0.15) is 11.8 Å². The maximum absolute atomic E-state index is 12.4. The molecule has 1 amide bonds. The van der Waals surface area contributed by atoms with Crippen molar-refractivity contribution >= 4 is 11.6 Å². The van der Waals surface area contributed by atoms with E-state index in [2.05, 4.69) is 5.32 Å². The van der Waals surface area contributed by atoms with Gasteiger partial charge in [-0.05, 0) is 29.8 Å². The predicted molar refractivity (Wildman–Crippen MR) is 88.3 cm³/mol. The van der Waals surface area contributed by atoms with Gasteiger partial charge in [0.15, 0.2) is 0 Å². The fraction of sp³-hybridized carbons (Fsp3) is 0.278. The summed E-state index contributed by atoms with van der Waals surface area (Å²) in [5, 5.41) is 12.4. The molecule has 1 heterocycles. The van der Waals surface area contributed by atoms with E-state index in [4.69, 9.17) is 4.74 Å². The summed E-state index contributed by atoms with van der Waals surface area (Å²) in [4.78, 5) is 14.4. The standard InChI is InChI=1S/C18H20N2O3/c1-23-15-9-7-14(8-10-15)19-18(22)17-16(12-21)20(17)11-13-5-3-2-4-6-13/h2-10,16-17,21H,11-12H2,1H3,(H,19,22)/t16-,17-,20?/m0/s1. The largest absolute Gasteiger partial charge is 0.497 e. The third-order valence-corrected chi connectivity index (χ3v) is 4.08. The topological polar surface area (TPSA) is 61.6 Å². The highest BCUT2D eigenvalue weighted by Gasteiger charge is 2.51. The smallest absolute Gasteiger partial charge is 0.243 e. The van der Waals surface area contributed by atoms with Crippen molar-refractivity contribution in [2.45, 2.75) is 18.6 Å². The highest BCUT2D eigenvalue weighted by Crippen LogP contribution is 2.31. The zero-order valence-electron chi connectivity index (χ0n) is 13.0. The first-order valence-corrected chi connectivity index (χ1v) is 7.58. The maximum Gasteiger partial charge on any atom is 0.243 e. The fourth-order valence-electron chi connectivity index (χ4n) is 2.76. The van der Waals surface area contributed by atoms with Crippen molar-refractivity contribution in [3.05, 3.63) is 60.2 Å². The van der Waals surface area contributed by atoms with Gasteiger partial charge in [-0.25, -0.2) is 0 Å². The molecule has 5 heteroatoms. The number of aliphatic hydroxyl groups excluding tert-OH is 1. The van der Waals surface area contributed by atoms with E-state index in [-0.39, 0.29) is 24.6 Å². The first kappa shape index (κ1) is 15.5. The lowest BCUT2D eigenvalue weighted by Crippen LogP contribution is -2.22. The number of nitrogens with zero attached hydrogens (tertiary/aromatic N) is 1. The number of hydrogen-bond donors (Lipinski definition) is 2. The van der Waals surface area contributed by atoms with Crippen LogP contribution >= 0.6 is 0 Å². The lowest BCUT2D eigenvalue weighted by Gasteiger charge is -2.07. The monoisotopic (exact) mass is 312 g/mol. The van der Waals surface area contributed by atoms with Gasteiger partial charge in [0.25, 0.3) is 0 Å². The molecule has 0 saturated carbocycles. The molecule has 0 bridgehead atoms. The molecule has 0 aliphatic carbocycles. The number of amides is 1. The van der Waals surface area contributed by atoms with Crippen molar-refractivity contribution < 1.29 is 14.6 Å². The Morgan fingerprint density at radius 3 is 2.48 bits per heavy atom. The number of carbonyl (C=O) groups excluding carboxylic acids is 1. The Morgan fingerprint density at radius 1 is 1.17 bits per heavy atom. The Morgan fingerprint density at radius 2 is 1.87 bits per heavy atom. The highest BCUT2D eigenvalue weighted by molar-refractivity contribution is 5.97. The SMILES string of the molecule is COc1ccc(NC(=O)[C@@H]2[C@H](CO)N2Cc2ccccc2)cc1. The van der Waals surface area contributed by atoms with Crippen LogP contribution in [0, 0.1) is 0 Å². The predicted octanol–water partition coefficient (Wildman–Crippen LogP) is 1.88. The van der Waals surface area contributed by atoms with Gasteiger partial charge in [0, 0.05) is 12.2 Å². The van der Waals surface area contributed by atoms with Crippen LogP contribution in [0.5, 0.6) is 5.75 Å². The third kappa shape index (κ3) is 3.52. The molecule has 1 aliphatic heterocycles. The molecule has 2 aromatic rings. The average Bonchev–Trinajstić information content (AvgIpc) is 3.29. The summed E-state index contributed by atoms with van der Waals surface area (Å²) in [5.74, 6) is 0.651. The Labute approximate surface area is 135 Å². The Hall–Kier alpha value is -2.37. The molecular formula is C18H20N2O3. The summed E-state index contributed by atoms with van der Waals surface area (Å²) in [6.45, 7) is 0.639. The number of nitrogens with one attached hydrogen (secondary N) is 1. The van der Waals surface area contributed by atoms with E-state index in [1.54, 1.807) is 31.4 Å². The molecular weight excluding hydrogens is 292 g/mol. The first-order chi connectivity index (χ1) is 11.2. The van der Waals surface area contributed by atoms with Crippen LogP contribution in [0.4, 0.5) is 5.69 Å². The Kier molecular flexibility index (Phi) is 4.60. The summed E-state index contributed by atoms with van der Waals surface area (Å²) < 4.78 is 5.10. The first-order valence-electron chi connectivity index (χ1n) is 7.58. The van der Waals surface area contributed by atoms with E-state index in [1.165, 1.54) is 0 Å². The second-order valence-electron chi connectivity index (χ2n) is 5.57. The van der Waals surface area contributed by atoms with Crippen molar-refractivity contribution in [1.82, 2.24) is 4.90 Å². The summed E-state index contributed by atoms with van der Waals surface area (Å²) in [6.07, 6.45) is 0. The van der Waals surface area contributed by atoms with Crippen molar-refractivity contribution in [2.75, 3.05) is 19.0 Å². The van der Waals surface area contributed by atoms with Gasteiger partial charge in [-0.3, -0.25) is 9.69 Å². The molecule has 0 radical (unpaired) electrons. The number of anilines is 1. The molecule has 23 heavy (non-hydrogen) atoms. The van der Waals surface area contributed by atoms with E-state index in [1.807, 2.05) is 35.2 Å². The van der Waals surface area contributed by atoms with Gasteiger partial charge in [0.2, 0.25) is 5.91 Å². The van der Waals surface area contributed by atoms with E-state index in [0.29, 0.717) is 6.54 Å². The number of methoxy groups -OCH3 is 1. The van der Waals surface area contributed by atoms with Crippen molar-refractivity contribution in [3.8, 4) is 5.75 Å². The van der Waals surface area contributed by atoms with Crippen LogP contribution in [-0.2, 0) is 11.3 Å². The van der Waals surface area contributed by atoms with Crippen molar-refractivity contribution in [3.63, 3.8) is 0 Å². The highest BCUT2D eigenvalue weighted by atomic mass is 16.5. The second kappa shape index (κ2) is 6.81. The fourth-order valence-corrected chi connectivity index (χ4v) is 2.76. The summed E-state index contributed by atoms with van der Waals surface area (Å²) in [7, 11) is 1.60. The van der Waals surface area contributed by atoms with E-state index >= 15 is 0 Å². The lowest BCUT2D eigenvalue weighted by atomic mass is 10.2. The zero-order chi connectivity index (χ0) is 16.2. The van der Waals surface area contributed by atoms with Crippen LogP contribution in [0.15, 0.2) is 54.6 Å². The van der Waals surface area contributed by atoms with Crippen LogP contribution in [0.3, 0.4) is 0 Å². The molecule has 1 saturated heterocycles. The summed E-state index contributed by atoms with van der Waals surface area (Å²) >= 11 is 0. The van der Waals surface area contributed by atoms with Crippen LogP contribution in [0.25, 0.3) is 0 Å². The minimum absolute atomic E-state index is 0.0203. The van der Waals surface area contributed by atoms with Crippen molar-refractivity contribution in [1.29, 1.82) is 0 Å². The van der Waals surface area contributed by atoms with E-state index < -0.39 is 0 Å². The van der Waals surface area contributed by atoms with Gasteiger partial charge in [-0.1, -0.05) is 30.3 Å². The van der Waals surface area contributed by atoms with Crippen molar-refractivity contribution in [2.24, 2.45) is 0 Å². The Balaban J connectivity index is 1.62. The molecule has 1 aliphatic rings. The second-order valence-corrected chi connectivity index (χ2v) is 5.57. The molecule has 1 unspecified atom stereocenters. The quantitative estimate of drug-likeness (QED) is 0.800. The van der Waals surface area contributed by atoms with Crippen LogP contribution in [0.2, 0.25) is 0 Å². The molecule has 5 nitrogen and oxygen atoms in total. The molecule has 120 valence electrons. The van der Waals surface area contributed by atoms with Crippen LogP contribution < -0.4 is 10.1 Å². The van der Waals surface area contributed by atoms with Gasteiger partial charge < -0.3 is 15.2 Å². The molecule has 0 aromatic heterocycles. The number of rotatable bonds is 6. The number of aliphatic hydroxyl groups is 1. The minimum atomic E-state index is -0.290. The molecule has 3 rings (SSSR count). The lowest BCUT2D eigenvalue weighted by molar-refractivity contribution is -0.116. The summed E-state index contributed by atoms with van der Waals surface area (Å²) in [5.41, 5.74) is 1.85. The van der Waals surface area contributed by atoms with Crippen LogP contribution in [-0.4, -0.2) is 41.7 Å². The number of ether oxygens (including phenoxy) is 1. The molecule has 3 atom stereocenters. The number of benzene rings is 2. The van der Waals surface area contributed by atoms with Gasteiger partial charge in [0.05, 0.1) is 19.8 Å². The van der Waals surface area contributed by atoms with E-state index in [9.17, 15) is 9.90 Å². The maximum atomic E-state index is 12.4. The van der Waals surface area contributed by atoms with Gasteiger partial charge >= 0.3 is 0 Å². The molecule has 1 fully saturated rings. The third-order valence-electron chi connectivity index (χ3n) is 4.08.